The highest BCUT2D eigenvalue weighted by molar-refractivity contribution is 5.97. The lowest BCUT2D eigenvalue weighted by molar-refractivity contribution is 0.1000. The molecule has 2 aromatic rings. The number of nitrogens with zero attached hydrogens (tertiary/aromatic N) is 2. The fourth-order valence-electron chi connectivity index (χ4n) is 1.50. The number of carbonyl (C=O) groups is 1. The Morgan fingerprint density at radius 3 is 2.69 bits per heavy atom. The van der Waals surface area contributed by atoms with Gasteiger partial charge in [0.05, 0.1) is 16.9 Å². The van der Waals surface area contributed by atoms with Crippen LogP contribution in [0.2, 0.25) is 0 Å². The molecule has 82 valence electrons. The molecular formula is C11H12N4O. The maximum Gasteiger partial charge on any atom is 0.250 e. The highest BCUT2D eigenvalue weighted by atomic mass is 16.1. The first-order valence-electron chi connectivity index (χ1n) is 4.80. The van der Waals surface area contributed by atoms with Crippen molar-refractivity contribution in [1.82, 2.24) is 9.78 Å². The van der Waals surface area contributed by atoms with Gasteiger partial charge in [0, 0.05) is 11.9 Å². The van der Waals surface area contributed by atoms with Crippen LogP contribution in [0.15, 0.2) is 30.5 Å². The molecule has 5 heteroatoms. The molecule has 16 heavy (non-hydrogen) atoms. The second-order valence-corrected chi connectivity index (χ2v) is 3.54. The van der Waals surface area contributed by atoms with Crippen molar-refractivity contribution in [3.63, 3.8) is 0 Å². The molecule has 1 amide bonds. The molecule has 0 radical (unpaired) electrons. The number of nitrogen functional groups attached to an aromatic ring is 1. The number of amides is 1. The topological polar surface area (TPSA) is 86.9 Å². The minimum atomic E-state index is -0.518. The Labute approximate surface area is 92.7 Å². The van der Waals surface area contributed by atoms with Crippen molar-refractivity contribution in [2.75, 3.05) is 5.73 Å². The third-order valence-electron chi connectivity index (χ3n) is 2.26. The first kappa shape index (κ1) is 10.2. The van der Waals surface area contributed by atoms with Gasteiger partial charge in [0.15, 0.2) is 0 Å². The zero-order valence-electron chi connectivity index (χ0n) is 8.84. The van der Waals surface area contributed by atoms with Crippen LogP contribution < -0.4 is 11.5 Å². The van der Waals surface area contributed by atoms with Crippen molar-refractivity contribution in [2.24, 2.45) is 5.73 Å². The maximum absolute atomic E-state index is 11.3. The van der Waals surface area contributed by atoms with Crippen molar-refractivity contribution in [1.29, 1.82) is 0 Å². The molecule has 1 aromatic carbocycles. The van der Waals surface area contributed by atoms with Gasteiger partial charge in [-0.05, 0) is 31.2 Å². The standard InChI is InChI=1S/C11H12N4O/c1-7-4-5-15(14-7)10-3-2-8(12)6-9(10)11(13)16/h2-6H,12H2,1H3,(H2,13,16). The molecule has 0 aliphatic rings. The quantitative estimate of drug-likeness (QED) is 0.730. The molecule has 0 bridgehead atoms. The van der Waals surface area contributed by atoms with Crippen molar-refractivity contribution >= 4 is 11.6 Å². The predicted molar refractivity (Wildman–Crippen MR) is 61.2 cm³/mol. The second kappa shape index (κ2) is 3.69. The first-order chi connectivity index (χ1) is 7.58. The number of anilines is 1. The van der Waals surface area contributed by atoms with Gasteiger partial charge in [-0.2, -0.15) is 5.10 Å². The maximum atomic E-state index is 11.3. The average molecular weight is 216 g/mol. The Bertz CT molecular complexity index is 545. The van der Waals surface area contributed by atoms with Gasteiger partial charge in [0.25, 0.3) is 5.91 Å². The molecule has 0 unspecified atom stereocenters. The average Bonchev–Trinajstić information content (AvgIpc) is 2.64. The van der Waals surface area contributed by atoms with Crippen LogP contribution in [0.3, 0.4) is 0 Å². The van der Waals surface area contributed by atoms with Crippen LogP contribution in [0.4, 0.5) is 5.69 Å². The Morgan fingerprint density at radius 2 is 2.12 bits per heavy atom. The molecule has 0 fully saturated rings. The Balaban J connectivity index is 2.60. The van der Waals surface area contributed by atoms with Crippen LogP contribution in [0.5, 0.6) is 0 Å². The molecule has 0 aliphatic heterocycles. The zero-order chi connectivity index (χ0) is 11.7. The fourth-order valence-corrected chi connectivity index (χ4v) is 1.50. The van der Waals surface area contributed by atoms with Crippen molar-refractivity contribution in [3.05, 3.63) is 41.7 Å². The van der Waals surface area contributed by atoms with Crippen molar-refractivity contribution < 1.29 is 4.79 Å². The summed E-state index contributed by atoms with van der Waals surface area (Å²) in [5, 5.41) is 4.22. The minimum Gasteiger partial charge on any atom is -0.399 e. The van der Waals surface area contributed by atoms with E-state index in [9.17, 15) is 4.79 Å². The lowest BCUT2D eigenvalue weighted by atomic mass is 10.1. The fraction of sp³-hybridized carbons (Fsp3) is 0.0909. The number of rotatable bonds is 2. The highest BCUT2D eigenvalue weighted by Crippen LogP contribution is 2.17. The largest absolute Gasteiger partial charge is 0.399 e. The van der Waals surface area contributed by atoms with Gasteiger partial charge in [-0.3, -0.25) is 4.79 Å². The molecule has 0 spiro atoms. The van der Waals surface area contributed by atoms with E-state index >= 15 is 0 Å². The Kier molecular flexibility index (Phi) is 2.36. The van der Waals surface area contributed by atoms with Gasteiger partial charge >= 0.3 is 0 Å². The summed E-state index contributed by atoms with van der Waals surface area (Å²) in [5.41, 5.74) is 13.3. The number of aromatic nitrogens is 2. The molecule has 4 N–H and O–H groups in total. The van der Waals surface area contributed by atoms with Crippen LogP contribution in [0.25, 0.3) is 5.69 Å². The number of hydrogen-bond donors (Lipinski definition) is 2. The van der Waals surface area contributed by atoms with E-state index in [-0.39, 0.29) is 0 Å². The van der Waals surface area contributed by atoms with Crippen molar-refractivity contribution in [3.8, 4) is 5.69 Å². The highest BCUT2D eigenvalue weighted by Gasteiger charge is 2.10. The van der Waals surface area contributed by atoms with Gasteiger partial charge in [0.1, 0.15) is 0 Å². The number of carbonyl (C=O) groups excluding carboxylic acids is 1. The van der Waals surface area contributed by atoms with Crippen LogP contribution in [-0.4, -0.2) is 15.7 Å². The molecule has 5 nitrogen and oxygen atoms in total. The van der Waals surface area contributed by atoms with Gasteiger partial charge in [-0.25, -0.2) is 4.68 Å². The first-order valence-corrected chi connectivity index (χ1v) is 4.80. The van der Waals surface area contributed by atoms with Crippen LogP contribution in [0, 0.1) is 6.92 Å². The van der Waals surface area contributed by atoms with E-state index in [1.165, 1.54) is 0 Å². The van der Waals surface area contributed by atoms with Crippen LogP contribution >= 0.6 is 0 Å². The van der Waals surface area contributed by atoms with E-state index in [1.54, 1.807) is 29.1 Å². The molecule has 0 saturated heterocycles. The molecule has 1 heterocycles. The zero-order valence-corrected chi connectivity index (χ0v) is 8.84. The van der Waals surface area contributed by atoms with Gasteiger partial charge in [-0.15, -0.1) is 0 Å². The predicted octanol–water partition coefficient (Wildman–Crippen LogP) is 0.862. The van der Waals surface area contributed by atoms with E-state index in [4.69, 9.17) is 11.5 Å². The molecule has 1 aromatic heterocycles. The Hall–Kier alpha value is -2.30. The number of nitrogens with two attached hydrogens (primary N) is 2. The normalized spacial score (nSPS) is 10.3. The van der Waals surface area contributed by atoms with Gasteiger partial charge < -0.3 is 11.5 Å². The SMILES string of the molecule is Cc1ccn(-c2ccc(N)cc2C(N)=O)n1. The van der Waals surface area contributed by atoms with E-state index in [1.807, 2.05) is 13.0 Å². The summed E-state index contributed by atoms with van der Waals surface area (Å²) in [5.74, 6) is -0.518. The molecular weight excluding hydrogens is 204 g/mol. The molecule has 0 atom stereocenters. The van der Waals surface area contributed by atoms with Gasteiger partial charge in [0.2, 0.25) is 0 Å². The summed E-state index contributed by atoms with van der Waals surface area (Å²) in [7, 11) is 0. The second-order valence-electron chi connectivity index (χ2n) is 3.54. The number of hydrogen-bond acceptors (Lipinski definition) is 3. The van der Waals surface area contributed by atoms with Crippen LogP contribution in [0.1, 0.15) is 16.1 Å². The smallest absolute Gasteiger partial charge is 0.250 e. The van der Waals surface area contributed by atoms with Gasteiger partial charge in [-0.1, -0.05) is 0 Å². The number of benzene rings is 1. The summed E-state index contributed by atoms with van der Waals surface area (Å²) < 4.78 is 1.61. The number of primary amides is 1. The lowest BCUT2D eigenvalue weighted by Crippen LogP contribution is -2.15. The third kappa shape index (κ3) is 1.75. The Morgan fingerprint density at radius 1 is 1.38 bits per heavy atom. The summed E-state index contributed by atoms with van der Waals surface area (Å²) >= 11 is 0. The summed E-state index contributed by atoms with van der Waals surface area (Å²) in [6, 6.07) is 6.83. The van der Waals surface area contributed by atoms with Crippen molar-refractivity contribution in [2.45, 2.75) is 6.92 Å². The summed E-state index contributed by atoms with van der Waals surface area (Å²) in [6.07, 6.45) is 1.77. The molecule has 0 saturated carbocycles. The van der Waals surface area contributed by atoms with E-state index < -0.39 is 5.91 Å². The summed E-state index contributed by atoms with van der Waals surface area (Å²) in [6.45, 7) is 1.87. The van der Waals surface area contributed by atoms with E-state index in [0.29, 0.717) is 16.9 Å². The minimum absolute atomic E-state index is 0.364. The van der Waals surface area contributed by atoms with E-state index in [0.717, 1.165) is 5.69 Å². The number of aryl methyl sites for hydroxylation is 1. The molecule has 2 rings (SSSR count). The molecule has 0 aliphatic carbocycles. The monoisotopic (exact) mass is 216 g/mol. The van der Waals surface area contributed by atoms with E-state index in [2.05, 4.69) is 5.10 Å². The third-order valence-corrected chi connectivity index (χ3v) is 2.26. The lowest BCUT2D eigenvalue weighted by Gasteiger charge is -2.07. The van der Waals surface area contributed by atoms with Crippen LogP contribution in [-0.2, 0) is 0 Å². The summed E-state index contributed by atoms with van der Waals surface area (Å²) in [4.78, 5) is 11.3.